The van der Waals surface area contributed by atoms with Gasteiger partial charge in [0.05, 0.1) is 33.6 Å². The van der Waals surface area contributed by atoms with Crippen LogP contribution >= 0.6 is 23.1 Å². The Hall–Kier alpha value is -2.70. The van der Waals surface area contributed by atoms with Crippen LogP contribution in [-0.2, 0) is 11.2 Å². The minimum absolute atomic E-state index is 0.243. The number of nitriles is 1. The summed E-state index contributed by atoms with van der Waals surface area (Å²) in [5.74, 6) is 0.216. The van der Waals surface area contributed by atoms with Gasteiger partial charge in [-0.25, -0.2) is 4.98 Å². The average molecular weight is 385 g/mol. The normalized spacial score (nSPS) is 11.7. The van der Waals surface area contributed by atoms with Gasteiger partial charge in [0.15, 0.2) is 0 Å². The number of aromatic nitrogens is 3. The summed E-state index contributed by atoms with van der Waals surface area (Å²) in [6.45, 7) is 3.68. The number of amides is 1. The molecule has 1 N–H and O–H groups in total. The molecule has 1 aromatic carbocycles. The van der Waals surface area contributed by atoms with Gasteiger partial charge in [-0.3, -0.25) is 4.79 Å². The lowest BCUT2D eigenvalue weighted by Gasteiger charge is -2.10. The van der Waals surface area contributed by atoms with Gasteiger partial charge in [0, 0.05) is 5.38 Å². The Labute approximate surface area is 158 Å². The highest BCUT2D eigenvalue weighted by Gasteiger charge is 2.19. The predicted octanol–water partition coefficient (Wildman–Crippen LogP) is 3.42. The standard InChI is InChI=1S/C17H15N5O2S2/c1-10(16(23)20-14-6-4-3-5-12(14)8-18)26-17-22-21-15(24-17)7-13-9-25-11(2)19-13/h3-6,9-10H,7H2,1-2H3,(H,20,23)/t10-/m0/s1. The molecule has 0 aliphatic heterocycles. The van der Waals surface area contributed by atoms with Gasteiger partial charge in [-0.15, -0.1) is 21.5 Å². The van der Waals surface area contributed by atoms with Crippen molar-refractivity contribution in [3.05, 3.63) is 51.8 Å². The lowest BCUT2D eigenvalue weighted by atomic mass is 10.2. The molecule has 132 valence electrons. The number of nitrogens with one attached hydrogen (secondary N) is 1. The number of nitrogens with zero attached hydrogens (tertiary/aromatic N) is 4. The number of para-hydroxylation sites is 1. The van der Waals surface area contributed by atoms with E-state index in [2.05, 4.69) is 26.6 Å². The Morgan fingerprint density at radius 3 is 2.96 bits per heavy atom. The van der Waals surface area contributed by atoms with Crippen LogP contribution < -0.4 is 5.32 Å². The Kier molecular flexibility index (Phi) is 5.65. The lowest BCUT2D eigenvalue weighted by molar-refractivity contribution is -0.115. The molecule has 26 heavy (non-hydrogen) atoms. The number of thioether (sulfide) groups is 1. The number of hydrogen-bond donors (Lipinski definition) is 1. The molecule has 0 bridgehead atoms. The van der Waals surface area contributed by atoms with Crippen LogP contribution in [0.5, 0.6) is 0 Å². The van der Waals surface area contributed by atoms with Crippen LogP contribution in [0.1, 0.15) is 29.1 Å². The first kappa shape index (κ1) is 18.1. The third-order valence-electron chi connectivity index (χ3n) is 3.40. The molecule has 9 heteroatoms. The molecule has 1 amide bonds. The molecular formula is C17H15N5O2S2. The summed E-state index contributed by atoms with van der Waals surface area (Å²) >= 11 is 2.73. The summed E-state index contributed by atoms with van der Waals surface area (Å²) in [5, 5.41) is 22.6. The average Bonchev–Trinajstić information content (AvgIpc) is 3.24. The number of aryl methyl sites for hydroxylation is 1. The summed E-state index contributed by atoms with van der Waals surface area (Å²) in [6, 6.07) is 8.90. The molecule has 0 unspecified atom stereocenters. The second-order valence-electron chi connectivity index (χ2n) is 5.40. The van der Waals surface area contributed by atoms with E-state index in [1.165, 1.54) is 11.8 Å². The summed E-state index contributed by atoms with van der Waals surface area (Å²) in [7, 11) is 0. The van der Waals surface area contributed by atoms with E-state index in [9.17, 15) is 4.79 Å². The van der Waals surface area contributed by atoms with E-state index in [0.717, 1.165) is 10.7 Å². The molecule has 0 saturated heterocycles. The molecule has 2 heterocycles. The van der Waals surface area contributed by atoms with Crippen LogP contribution in [-0.4, -0.2) is 26.3 Å². The van der Waals surface area contributed by atoms with Crippen LogP contribution in [0.25, 0.3) is 0 Å². The maximum absolute atomic E-state index is 12.3. The number of benzene rings is 1. The SMILES string of the molecule is Cc1nc(Cc2nnc(S[C@@H](C)C(=O)Nc3ccccc3C#N)o2)cs1. The largest absolute Gasteiger partial charge is 0.416 e. The van der Waals surface area contributed by atoms with Crippen molar-refractivity contribution in [1.82, 2.24) is 15.2 Å². The van der Waals surface area contributed by atoms with Crippen LogP contribution in [0.2, 0.25) is 0 Å². The van der Waals surface area contributed by atoms with Gasteiger partial charge in [-0.2, -0.15) is 5.26 Å². The Balaban J connectivity index is 1.60. The third kappa shape index (κ3) is 4.47. The van der Waals surface area contributed by atoms with Crippen molar-refractivity contribution < 1.29 is 9.21 Å². The second-order valence-corrected chi connectivity index (χ2v) is 7.76. The molecule has 0 saturated carbocycles. The third-order valence-corrected chi connectivity index (χ3v) is 5.16. The van der Waals surface area contributed by atoms with Crippen molar-refractivity contribution in [3.63, 3.8) is 0 Å². The van der Waals surface area contributed by atoms with E-state index in [4.69, 9.17) is 9.68 Å². The zero-order chi connectivity index (χ0) is 18.5. The van der Waals surface area contributed by atoms with Crippen LogP contribution in [0.3, 0.4) is 0 Å². The number of thiazole rings is 1. The minimum Gasteiger partial charge on any atom is -0.416 e. The highest BCUT2D eigenvalue weighted by atomic mass is 32.2. The lowest BCUT2D eigenvalue weighted by Crippen LogP contribution is -2.22. The fourth-order valence-corrected chi connectivity index (χ4v) is 3.44. The molecule has 7 nitrogen and oxygen atoms in total. The summed E-state index contributed by atoms with van der Waals surface area (Å²) in [6.07, 6.45) is 0.466. The van der Waals surface area contributed by atoms with Gasteiger partial charge in [-0.1, -0.05) is 23.9 Å². The Morgan fingerprint density at radius 2 is 2.23 bits per heavy atom. The fourth-order valence-electron chi connectivity index (χ4n) is 2.13. The van der Waals surface area contributed by atoms with Gasteiger partial charge >= 0.3 is 0 Å². The van der Waals surface area contributed by atoms with Gasteiger partial charge < -0.3 is 9.73 Å². The zero-order valence-electron chi connectivity index (χ0n) is 14.1. The second kappa shape index (κ2) is 8.12. The molecule has 0 radical (unpaired) electrons. The highest BCUT2D eigenvalue weighted by Crippen LogP contribution is 2.24. The molecule has 2 aromatic heterocycles. The first-order valence-electron chi connectivity index (χ1n) is 7.75. The van der Waals surface area contributed by atoms with Crippen molar-refractivity contribution in [2.24, 2.45) is 0 Å². The maximum atomic E-state index is 12.3. The van der Waals surface area contributed by atoms with Crippen molar-refractivity contribution in [3.8, 4) is 6.07 Å². The monoisotopic (exact) mass is 385 g/mol. The van der Waals surface area contributed by atoms with Gasteiger partial charge in [0.1, 0.15) is 6.07 Å². The summed E-state index contributed by atoms with van der Waals surface area (Å²) in [5.41, 5.74) is 1.78. The maximum Gasteiger partial charge on any atom is 0.277 e. The Morgan fingerprint density at radius 1 is 1.42 bits per heavy atom. The van der Waals surface area contributed by atoms with Crippen molar-refractivity contribution in [1.29, 1.82) is 5.26 Å². The van der Waals surface area contributed by atoms with Crippen molar-refractivity contribution >= 4 is 34.7 Å². The van der Waals surface area contributed by atoms with Crippen LogP contribution in [0.15, 0.2) is 39.3 Å². The van der Waals surface area contributed by atoms with E-state index in [1.54, 1.807) is 42.5 Å². The van der Waals surface area contributed by atoms with Crippen LogP contribution in [0, 0.1) is 18.3 Å². The molecule has 3 rings (SSSR count). The Bertz CT molecular complexity index is 960. The number of carbonyl (C=O) groups is 1. The number of anilines is 1. The molecule has 0 aliphatic rings. The van der Waals surface area contributed by atoms with E-state index in [-0.39, 0.29) is 5.91 Å². The fraction of sp³-hybridized carbons (Fsp3) is 0.235. The van der Waals surface area contributed by atoms with Crippen molar-refractivity contribution in [2.45, 2.75) is 30.7 Å². The van der Waals surface area contributed by atoms with E-state index < -0.39 is 5.25 Å². The topological polar surface area (TPSA) is 105 Å². The van der Waals surface area contributed by atoms with Gasteiger partial charge in [0.2, 0.25) is 11.8 Å². The first-order valence-corrected chi connectivity index (χ1v) is 9.51. The number of rotatable bonds is 6. The molecular weight excluding hydrogens is 370 g/mol. The summed E-state index contributed by atoms with van der Waals surface area (Å²) in [4.78, 5) is 16.7. The summed E-state index contributed by atoms with van der Waals surface area (Å²) < 4.78 is 5.59. The zero-order valence-corrected chi connectivity index (χ0v) is 15.7. The van der Waals surface area contributed by atoms with Gasteiger partial charge in [0.25, 0.3) is 5.22 Å². The number of hydrogen-bond acceptors (Lipinski definition) is 8. The van der Waals surface area contributed by atoms with Gasteiger partial charge in [-0.05, 0) is 26.0 Å². The molecule has 0 fully saturated rings. The van der Waals surface area contributed by atoms with E-state index in [1.807, 2.05) is 12.3 Å². The van der Waals surface area contributed by atoms with Crippen molar-refractivity contribution in [2.75, 3.05) is 5.32 Å². The van der Waals surface area contributed by atoms with E-state index >= 15 is 0 Å². The molecule has 3 aromatic rings. The molecule has 1 atom stereocenters. The predicted molar refractivity (Wildman–Crippen MR) is 99.1 cm³/mol. The molecule has 0 spiro atoms. The first-order chi connectivity index (χ1) is 12.5. The highest BCUT2D eigenvalue weighted by molar-refractivity contribution is 8.00. The minimum atomic E-state index is -0.462. The smallest absolute Gasteiger partial charge is 0.277 e. The quantitative estimate of drug-likeness (QED) is 0.648. The van der Waals surface area contributed by atoms with Crippen LogP contribution in [0.4, 0.5) is 5.69 Å². The molecule has 0 aliphatic carbocycles. The number of carbonyl (C=O) groups excluding carboxylic acids is 1. The van der Waals surface area contributed by atoms with E-state index in [0.29, 0.717) is 28.8 Å².